The fourth-order valence-corrected chi connectivity index (χ4v) is 9.20. The van der Waals surface area contributed by atoms with Crippen molar-refractivity contribution in [2.24, 2.45) is 28.7 Å². The van der Waals surface area contributed by atoms with Crippen molar-refractivity contribution in [1.29, 1.82) is 0 Å². The van der Waals surface area contributed by atoms with Gasteiger partial charge in [0.2, 0.25) is 0 Å². The topological polar surface area (TPSA) is 167 Å². The molecular weight excluding hydrogens is 671 g/mol. The zero-order chi connectivity index (χ0) is 38.3. The Kier molecular flexibility index (Phi) is 12.3. The number of likely N-dealkylation sites (N-methyl/N-ethyl adjacent to an activating group) is 1. The van der Waals surface area contributed by atoms with Gasteiger partial charge in [-0.2, -0.15) is 0 Å². The average Bonchev–Trinajstić information content (AvgIpc) is 3.57. The van der Waals surface area contributed by atoms with Crippen molar-refractivity contribution in [3.8, 4) is 0 Å². The predicted molar refractivity (Wildman–Crippen MR) is 193 cm³/mol. The Morgan fingerprint density at radius 1 is 1.13 bits per heavy atom. The Balaban J connectivity index is 1.49. The highest BCUT2D eigenvalue weighted by Gasteiger charge is 2.60. The van der Waals surface area contributed by atoms with Crippen LogP contribution in [0, 0.1) is 23.7 Å². The summed E-state index contributed by atoms with van der Waals surface area (Å²) in [6.45, 7) is 16.3. The highest BCUT2D eigenvalue weighted by molar-refractivity contribution is 6.05. The number of carbonyl (C=O) groups excluding carboxylic acids is 3. The largest absolute Gasteiger partial charge is 0.458 e. The molecule has 0 unspecified atom stereocenters. The maximum Gasteiger partial charge on any atom is 0.410 e. The van der Waals surface area contributed by atoms with Gasteiger partial charge in [-0.05, 0) is 59.9 Å². The molecule has 1 N–H and O–H groups in total. The van der Waals surface area contributed by atoms with Gasteiger partial charge in [0.1, 0.15) is 18.1 Å². The first kappa shape index (κ1) is 40.3. The Bertz CT molecular complexity index is 1500. The summed E-state index contributed by atoms with van der Waals surface area (Å²) in [5, 5.41) is 20.0. The number of carbonyl (C=O) groups is 3. The first-order chi connectivity index (χ1) is 24.4. The number of hydrogen-bond donors (Lipinski definition) is 1. The molecule has 1 amide bonds. The van der Waals surface area contributed by atoms with E-state index in [-0.39, 0.29) is 24.0 Å². The summed E-state index contributed by atoms with van der Waals surface area (Å²) in [4.78, 5) is 50.2. The average molecular weight is 731 g/mol. The van der Waals surface area contributed by atoms with Crippen LogP contribution in [-0.2, 0) is 39.7 Å². The first-order valence-electron chi connectivity index (χ1n) is 18.8. The van der Waals surface area contributed by atoms with Gasteiger partial charge in [0, 0.05) is 56.4 Å². The fraction of sp³-hybridized carbons (Fsp3) is 0.833. The van der Waals surface area contributed by atoms with Crippen LogP contribution in [0.5, 0.6) is 0 Å². The zero-order valence-corrected chi connectivity index (χ0v) is 32.8. The lowest BCUT2D eigenvalue weighted by molar-refractivity contribution is -0.295. The highest BCUT2D eigenvalue weighted by Crippen LogP contribution is 2.44. The van der Waals surface area contributed by atoms with E-state index in [0.29, 0.717) is 45.3 Å². The SMILES string of the molecule is Bn1cc(CCN(C)[C@H]2C[C@@H](C)O[C@@H](O[C@@H]3[C@@H](C)C(=O)[C@@H](C)C(=O)O[C@H](CC)[C@@]4(C)OC(=O)N5CCN=C([C@H](C)C[C@@]3(C)OC)[C@H](C)[C@H]54)[C@@H]2O)nn1. The van der Waals surface area contributed by atoms with Crippen molar-refractivity contribution in [2.75, 3.05) is 33.8 Å². The van der Waals surface area contributed by atoms with E-state index in [1.165, 1.54) is 6.92 Å². The number of hydrogen-bond acceptors (Lipinski definition) is 13. The minimum Gasteiger partial charge on any atom is -0.458 e. The van der Waals surface area contributed by atoms with E-state index < -0.39 is 71.5 Å². The number of fused-ring (bicyclic) bond motifs is 1. The van der Waals surface area contributed by atoms with Gasteiger partial charge in [0.25, 0.3) is 7.98 Å². The molecule has 4 aliphatic rings. The highest BCUT2D eigenvalue weighted by atomic mass is 16.7. The Hall–Kier alpha value is -2.92. The van der Waals surface area contributed by atoms with Crippen molar-refractivity contribution in [2.45, 2.75) is 135 Å². The molecular formula is C36H59BN6O9. The van der Waals surface area contributed by atoms with Gasteiger partial charge >= 0.3 is 12.1 Å². The molecule has 0 aromatic carbocycles. The first-order valence-corrected chi connectivity index (χ1v) is 18.8. The van der Waals surface area contributed by atoms with Crippen LogP contribution >= 0.6 is 0 Å². The maximum absolute atomic E-state index is 14.3. The predicted octanol–water partition coefficient (Wildman–Crippen LogP) is 1.68. The van der Waals surface area contributed by atoms with E-state index in [4.69, 9.17) is 28.7 Å². The molecule has 3 fully saturated rings. The van der Waals surface area contributed by atoms with Crippen LogP contribution in [0.4, 0.5) is 4.79 Å². The molecule has 2 bridgehead atoms. The number of cyclic esters (lactones) is 1. The number of rotatable bonds is 8. The van der Waals surface area contributed by atoms with Crippen LogP contribution < -0.4 is 0 Å². The van der Waals surface area contributed by atoms with Crippen molar-refractivity contribution in [3.05, 3.63) is 11.9 Å². The number of aromatic nitrogens is 3. The number of nitrogens with zero attached hydrogens (tertiary/aromatic N) is 6. The van der Waals surface area contributed by atoms with Crippen molar-refractivity contribution in [3.63, 3.8) is 0 Å². The zero-order valence-electron chi connectivity index (χ0n) is 32.8. The van der Waals surface area contributed by atoms with Crippen LogP contribution in [0.15, 0.2) is 11.2 Å². The Labute approximate surface area is 308 Å². The summed E-state index contributed by atoms with van der Waals surface area (Å²) < 4.78 is 33.2. The second-order valence-electron chi connectivity index (χ2n) is 15.9. The van der Waals surface area contributed by atoms with Gasteiger partial charge in [-0.25, -0.2) is 4.79 Å². The van der Waals surface area contributed by atoms with Crippen molar-refractivity contribution in [1.82, 2.24) is 24.7 Å². The van der Waals surface area contributed by atoms with E-state index in [0.717, 1.165) is 11.4 Å². The third-order valence-corrected chi connectivity index (χ3v) is 12.1. The van der Waals surface area contributed by atoms with Gasteiger partial charge in [-0.1, -0.05) is 32.9 Å². The quantitative estimate of drug-likeness (QED) is 0.234. The summed E-state index contributed by atoms with van der Waals surface area (Å²) in [5.41, 5.74) is -0.532. The van der Waals surface area contributed by atoms with E-state index in [2.05, 4.69) is 22.1 Å². The lowest BCUT2D eigenvalue weighted by Gasteiger charge is -2.47. The molecule has 1 aromatic heterocycles. The number of amides is 1. The molecule has 4 aliphatic heterocycles. The number of ketones is 1. The molecule has 52 heavy (non-hydrogen) atoms. The van der Waals surface area contributed by atoms with E-state index in [1.54, 1.807) is 23.5 Å². The molecule has 0 spiro atoms. The number of Topliss-reactive ketones (excluding diaryl/α,β-unsaturated/α-hetero) is 1. The summed E-state index contributed by atoms with van der Waals surface area (Å²) >= 11 is 0. The number of methoxy groups -OCH3 is 1. The number of aliphatic hydroxyl groups is 1. The smallest absolute Gasteiger partial charge is 0.410 e. The second-order valence-corrected chi connectivity index (χ2v) is 15.9. The second kappa shape index (κ2) is 15.8. The lowest BCUT2D eigenvalue weighted by atomic mass is 9.73. The summed E-state index contributed by atoms with van der Waals surface area (Å²) in [6.07, 6.45) is -0.750. The molecule has 3 saturated heterocycles. The minimum atomic E-state index is -1.16. The molecule has 15 nitrogen and oxygen atoms in total. The Morgan fingerprint density at radius 3 is 2.48 bits per heavy atom. The van der Waals surface area contributed by atoms with Crippen LogP contribution in [0.3, 0.4) is 0 Å². The molecule has 290 valence electrons. The fourth-order valence-electron chi connectivity index (χ4n) is 9.20. The van der Waals surface area contributed by atoms with Crippen LogP contribution in [0.25, 0.3) is 0 Å². The summed E-state index contributed by atoms with van der Waals surface area (Å²) in [5.74, 6) is -3.55. The van der Waals surface area contributed by atoms with E-state index in [1.807, 2.05) is 55.8 Å². The van der Waals surface area contributed by atoms with Crippen LogP contribution in [0.1, 0.15) is 80.3 Å². The number of esters is 1. The summed E-state index contributed by atoms with van der Waals surface area (Å²) in [7, 11) is 5.36. The third-order valence-electron chi connectivity index (χ3n) is 12.1. The maximum atomic E-state index is 14.3. The normalized spacial score (nSPS) is 40.5. The number of ether oxygens (including phenoxy) is 5. The van der Waals surface area contributed by atoms with Gasteiger partial charge in [-0.15, -0.1) is 5.10 Å². The van der Waals surface area contributed by atoms with Gasteiger partial charge < -0.3 is 38.3 Å². The molecule has 0 saturated carbocycles. The molecule has 0 aliphatic carbocycles. The molecule has 5 heterocycles. The van der Waals surface area contributed by atoms with Gasteiger partial charge in [0.05, 0.1) is 36.1 Å². The van der Waals surface area contributed by atoms with Gasteiger partial charge in [-0.3, -0.25) is 19.5 Å². The summed E-state index contributed by atoms with van der Waals surface area (Å²) in [6, 6.07) is -0.761. The number of aliphatic hydroxyl groups excluding tert-OH is 1. The van der Waals surface area contributed by atoms with Crippen molar-refractivity contribution < 1.29 is 43.2 Å². The Morgan fingerprint density at radius 2 is 1.85 bits per heavy atom. The molecule has 13 atom stereocenters. The van der Waals surface area contributed by atoms with Crippen molar-refractivity contribution >= 4 is 31.5 Å². The van der Waals surface area contributed by atoms with Gasteiger partial charge in [0.15, 0.2) is 17.7 Å². The molecule has 5 rings (SSSR count). The monoisotopic (exact) mass is 730 g/mol. The molecule has 1 aromatic rings. The van der Waals surface area contributed by atoms with Crippen LogP contribution in [0.2, 0.25) is 0 Å². The molecule has 0 radical (unpaired) electrons. The van der Waals surface area contributed by atoms with E-state index in [9.17, 15) is 19.5 Å². The third kappa shape index (κ3) is 7.68. The minimum absolute atomic E-state index is 0.174. The standard InChI is InChI=1S/C36H59BN6O9/c1-11-26-36(8)30-21(4)27(38-13-15-42(30)34(47)52-36)19(2)17-35(7,48-10)31(22(5)28(44)23(6)32(46)50-26)51-33-29(45)25(16-20(3)49-33)41(9)14-12-24-18-43(37)40-39-24/h18-23,25-26,29-31,33,45H,11-17,37H2,1-10H3/t19-,20-,21+,22+,23-,25+,26-,29-,30+,31-,33+,35-,36-/m1/s1. The van der Waals surface area contributed by atoms with E-state index >= 15 is 0 Å². The van der Waals surface area contributed by atoms with Crippen LogP contribution in [-0.4, -0.2) is 149 Å². The molecule has 16 heteroatoms. The lowest BCUT2D eigenvalue weighted by Crippen LogP contribution is -2.60. The number of aliphatic imine (C=N–C) groups is 1.